The van der Waals surface area contributed by atoms with Gasteiger partial charge in [0.2, 0.25) is 0 Å². The summed E-state index contributed by atoms with van der Waals surface area (Å²) in [6.07, 6.45) is 0. The first-order valence-corrected chi connectivity index (χ1v) is 8.95. The first-order valence-electron chi connectivity index (χ1n) is 8.95. The van der Waals surface area contributed by atoms with Crippen LogP contribution in [-0.4, -0.2) is 46.9 Å². The number of hydrogen-bond donors (Lipinski definition) is 1. The van der Waals surface area contributed by atoms with Crippen molar-refractivity contribution in [2.75, 3.05) is 26.2 Å². The van der Waals surface area contributed by atoms with Crippen LogP contribution < -0.4 is 0 Å². The van der Waals surface area contributed by atoms with Crippen molar-refractivity contribution in [3.05, 3.63) is 71.2 Å². The van der Waals surface area contributed by atoms with Gasteiger partial charge in [0.05, 0.1) is 5.56 Å². The highest BCUT2D eigenvalue weighted by Gasteiger charge is 2.25. The molecule has 1 fully saturated rings. The lowest BCUT2D eigenvalue weighted by molar-refractivity contribution is 0.0629. The van der Waals surface area contributed by atoms with Crippen molar-refractivity contribution < 1.29 is 9.18 Å². The molecule has 5 heteroatoms. The van der Waals surface area contributed by atoms with E-state index >= 15 is 0 Å². The van der Waals surface area contributed by atoms with Crippen molar-refractivity contribution in [2.45, 2.75) is 13.5 Å². The molecule has 1 aromatic heterocycles. The van der Waals surface area contributed by atoms with Gasteiger partial charge in [0.15, 0.2) is 0 Å². The van der Waals surface area contributed by atoms with Gasteiger partial charge in [0, 0.05) is 49.3 Å². The van der Waals surface area contributed by atoms with E-state index in [4.69, 9.17) is 0 Å². The van der Waals surface area contributed by atoms with Crippen LogP contribution in [-0.2, 0) is 6.54 Å². The molecule has 0 spiro atoms. The largest absolute Gasteiger partial charge is 0.358 e. The number of aryl methyl sites for hydroxylation is 1. The van der Waals surface area contributed by atoms with Gasteiger partial charge >= 0.3 is 0 Å². The van der Waals surface area contributed by atoms with E-state index in [0.717, 1.165) is 30.8 Å². The third kappa shape index (κ3) is 3.22. The van der Waals surface area contributed by atoms with Crippen molar-refractivity contribution in [2.24, 2.45) is 0 Å². The fourth-order valence-electron chi connectivity index (χ4n) is 3.68. The predicted molar refractivity (Wildman–Crippen MR) is 101 cm³/mol. The fraction of sp³-hybridized carbons (Fsp3) is 0.286. The molecule has 0 saturated carbocycles. The summed E-state index contributed by atoms with van der Waals surface area (Å²) in [5.41, 5.74) is 3.48. The molecule has 0 aliphatic carbocycles. The highest BCUT2D eigenvalue weighted by Crippen LogP contribution is 2.25. The number of hydrogen-bond acceptors (Lipinski definition) is 2. The number of carbonyl (C=O) groups excluding carboxylic acids is 1. The number of H-pyrrole nitrogens is 1. The zero-order chi connectivity index (χ0) is 18.1. The van der Waals surface area contributed by atoms with Crippen molar-refractivity contribution >= 4 is 16.8 Å². The Morgan fingerprint density at radius 2 is 1.81 bits per heavy atom. The first kappa shape index (κ1) is 16.8. The summed E-state index contributed by atoms with van der Waals surface area (Å²) in [6, 6.07) is 14.9. The zero-order valence-corrected chi connectivity index (χ0v) is 14.8. The van der Waals surface area contributed by atoms with Crippen molar-refractivity contribution in [1.29, 1.82) is 0 Å². The van der Waals surface area contributed by atoms with E-state index in [0.29, 0.717) is 24.0 Å². The number of halogens is 1. The second kappa shape index (κ2) is 6.92. The van der Waals surface area contributed by atoms with Crippen LogP contribution in [0.2, 0.25) is 0 Å². The Bertz CT molecular complexity index is 927. The summed E-state index contributed by atoms with van der Waals surface area (Å²) in [5, 5.41) is 0.666. The normalized spacial score (nSPS) is 15.5. The Balaban J connectivity index is 1.47. The monoisotopic (exact) mass is 351 g/mol. The van der Waals surface area contributed by atoms with Gasteiger partial charge in [0.1, 0.15) is 5.82 Å². The second-order valence-electron chi connectivity index (χ2n) is 6.87. The molecule has 0 atom stereocenters. The number of carbonyl (C=O) groups is 1. The molecule has 26 heavy (non-hydrogen) atoms. The second-order valence-corrected chi connectivity index (χ2v) is 6.87. The first-order chi connectivity index (χ1) is 12.6. The van der Waals surface area contributed by atoms with Crippen LogP contribution in [0.1, 0.15) is 21.6 Å². The van der Waals surface area contributed by atoms with Crippen molar-refractivity contribution in [1.82, 2.24) is 14.8 Å². The standard InChI is InChI=1S/C21H22FN3O/c1-15-20(18-13-17(22)7-8-19(18)23-15)21(26)25-11-9-24(10-12-25)14-16-5-3-2-4-6-16/h2-8,13,23H,9-12,14H2,1H3. The fourth-order valence-corrected chi connectivity index (χ4v) is 3.68. The van der Waals surface area contributed by atoms with E-state index in [2.05, 4.69) is 22.0 Å². The van der Waals surface area contributed by atoms with Crippen LogP contribution in [0.4, 0.5) is 4.39 Å². The Hall–Kier alpha value is -2.66. The SMILES string of the molecule is Cc1[nH]c2ccc(F)cc2c1C(=O)N1CCN(Cc2ccccc2)CC1. The summed E-state index contributed by atoms with van der Waals surface area (Å²) in [7, 11) is 0. The van der Waals surface area contributed by atoms with E-state index in [1.54, 1.807) is 6.07 Å². The maximum atomic E-state index is 13.6. The van der Waals surface area contributed by atoms with E-state index in [1.807, 2.05) is 30.0 Å². The quantitative estimate of drug-likeness (QED) is 0.783. The summed E-state index contributed by atoms with van der Waals surface area (Å²) in [5.74, 6) is -0.336. The van der Waals surface area contributed by atoms with E-state index < -0.39 is 0 Å². The van der Waals surface area contributed by atoms with Crippen LogP contribution >= 0.6 is 0 Å². The van der Waals surface area contributed by atoms with Gasteiger partial charge in [-0.15, -0.1) is 0 Å². The molecule has 1 aliphatic rings. The number of piperazine rings is 1. The van der Waals surface area contributed by atoms with Gasteiger partial charge < -0.3 is 9.88 Å². The number of aromatic nitrogens is 1. The van der Waals surface area contributed by atoms with E-state index in [9.17, 15) is 9.18 Å². The van der Waals surface area contributed by atoms with Crippen LogP contribution in [0.25, 0.3) is 10.9 Å². The van der Waals surface area contributed by atoms with Crippen molar-refractivity contribution in [3.8, 4) is 0 Å². The molecule has 1 amide bonds. The Morgan fingerprint density at radius 3 is 2.54 bits per heavy atom. The molecule has 2 heterocycles. The number of rotatable bonds is 3. The molecule has 1 aliphatic heterocycles. The molecule has 134 valence electrons. The Morgan fingerprint density at radius 1 is 1.08 bits per heavy atom. The number of nitrogens with zero attached hydrogens (tertiary/aromatic N) is 2. The zero-order valence-electron chi connectivity index (χ0n) is 14.8. The van der Waals surface area contributed by atoms with E-state index in [1.165, 1.54) is 17.7 Å². The summed E-state index contributed by atoms with van der Waals surface area (Å²) in [4.78, 5) is 20.5. The minimum Gasteiger partial charge on any atom is -0.358 e. The predicted octanol–water partition coefficient (Wildman–Crippen LogP) is 3.57. The number of amides is 1. The van der Waals surface area contributed by atoms with Gasteiger partial charge in [-0.3, -0.25) is 9.69 Å². The molecular weight excluding hydrogens is 329 g/mol. The Kier molecular flexibility index (Phi) is 4.47. The average molecular weight is 351 g/mol. The van der Waals surface area contributed by atoms with Crippen molar-refractivity contribution in [3.63, 3.8) is 0 Å². The molecule has 2 aromatic carbocycles. The molecule has 0 unspecified atom stereocenters. The minimum atomic E-state index is -0.321. The lowest BCUT2D eigenvalue weighted by atomic mass is 10.1. The highest BCUT2D eigenvalue weighted by molar-refractivity contribution is 6.08. The topological polar surface area (TPSA) is 39.3 Å². The minimum absolute atomic E-state index is 0.0151. The maximum Gasteiger partial charge on any atom is 0.256 e. The summed E-state index contributed by atoms with van der Waals surface area (Å²) in [6.45, 7) is 5.84. The number of aromatic amines is 1. The number of benzene rings is 2. The maximum absolute atomic E-state index is 13.6. The van der Waals surface area contributed by atoms with Crippen LogP contribution in [0.15, 0.2) is 48.5 Å². The molecular formula is C21H22FN3O. The summed E-state index contributed by atoms with van der Waals surface area (Å²) >= 11 is 0. The van der Waals surface area contributed by atoms with Crippen LogP contribution in [0, 0.1) is 12.7 Å². The summed E-state index contributed by atoms with van der Waals surface area (Å²) < 4.78 is 13.6. The average Bonchev–Trinajstić information content (AvgIpc) is 2.97. The number of fused-ring (bicyclic) bond motifs is 1. The van der Waals surface area contributed by atoms with E-state index in [-0.39, 0.29) is 11.7 Å². The number of nitrogens with one attached hydrogen (secondary N) is 1. The Labute approximate surface area is 152 Å². The van der Waals surface area contributed by atoms with Gasteiger partial charge in [-0.2, -0.15) is 0 Å². The third-order valence-corrected chi connectivity index (χ3v) is 5.07. The van der Waals surface area contributed by atoms with Crippen LogP contribution in [0.3, 0.4) is 0 Å². The molecule has 4 nitrogen and oxygen atoms in total. The van der Waals surface area contributed by atoms with Crippen LogP contribution in [0.5, 0.6) is 0 Å². The lowest BCUT2D eigenvalue weighted by Gasteiger charge is -2.34. The smallest absolute Gasteiger partial charge is 0.256 e. The molecule has 0 bridgehead atoms. The highest BCUT2D eigenvalue weighted by atomic mass is 19.1. The third-order valence-electron chi connectivity index (χ3n) is 5.07. The molecule has 1 N–H and O–H groups in total. The van der Waals surface area contributed by atoms with Gasteiger partial charge in [-0.25, -0.2) is 4.39 Å². The molecule has 4 rings (SSSR count). The lowest BCUT2D eigenvalue weighted by Crippen LogP contribution is -2.48. The molecule has 0 radical (unpaired) electrons. The molecule has 3 aromatic rings. The molecule has 1 saturated heterocycles. The van der Waals surface area contributed by atoms with Gasteiger partial charge in [-0.1, -0.05) is 30.3 Å². The van der Waals surface area contributed by atoms with Gasteiger partial charge in [0.25, 0.3) is 5.91 Å². The van der Waals surface area contributed by atoms with Gasteiger partial charge in [-0.05, 0) is 30.7 Å².